The van der Waals surface area contributed by atoms with Crippen molar-refractivity contribution < 1.29 is 19.8 Å². The SMILES string of the molecule is O=C(NCCO)[C@@H]1[C@H](C(=O)O)[C@H]2C=C[C@H]1C2. The van der Waals surface area contributed by atoms with Gasteiger partial charge in [0, 0.05) is 6.54 Å². The van der Waals surface area contributed by atoms with Crippen LogP contribution in [0, 0.1) is 23.7 Å². The summed E-state index contributed by atoms with van der Waals surface area (Å²) in [5.74, 6) is -2.19. The van der Waals surface area contributed by atoms with Crippen LogP contribution in [0.15, 0.2) is 12.2 Å². The molecule has 0 saturated heterocycles. The molecule has 2 aliphatic rings. The molecule has 16 heavy (non-hydrogen) atoms. The van der Waals surface area contributed by atoms with Gasteiger partial charge < -0.3 is 15.5 Å². The fourth-order valence-electron chi connectivity index (χ4n) is 2.81. The number of amides is 1. The lowest BCUT2D eigenvalue weighted by Crippen LogP contribution is -2.41. The Morgan fingerprint density at radius 2 is 1.88 bits per heavy atom. The zero-order valence-electron chi connectivity index (χ0n) is 8.80. The van der Waals surface area contributed by atoms with Crippen molar-refractivity contribution in [3.8, 4) is 0 Å². The molecule has 0 heterocycles. The van der Waals surface area contributed by atoms with Crippen LogP contribution in [-0.4, -0.2) is 35.2 Å². The molecule has 5 nitrogen and oxygen atoms in total. The van der Waals surface area contributed by atoms with Gasteiger partial charge in [0.05, 0.1) is 18.4 Å². The Balaban J connectivity index is 2.10. The molecule has 5 heteroatoms. The van der Waals surface area contributed by atoms with Crippen LogP contribution in [0.1, 0.15) is 6.42 Å². The van der Waals surface area contributed by atoms with Crippen LogP contribution in [0.2, 0.25) is 0 Å². The Morgan fingerprint density at radius 1 is 1.25 bits per heavy atom. The van der Waals surface area contributed by atoms with Gasteiger partial charge in [-0.25, -0.2) is 0 Å². The topological polar surface area (TPSA) is 86.6 Å². The number of fused-ring (bicyclic) bond motifs is 2. The fraction of sp³-hybridized carbons (Fsp3) is 0.636. The molecule has 2 rings (SSSR count). The molecule has 2 bridgehead atoms. The van der Waals surface area contributed by atoms with E-state index in [0.29, 0.717) is 0 Å². The first-order valence-electron chi connectivity index (χ1n) is 5.45. The quantitative estimate of drug-likeness (QED) is 0.569. The molecule has 3 N–H and O–H groups in total. The van der Waals surface area contributed by atoms with Gasteiger partial charge in [0.15, 0.2) is 0 Å². The van der Waals surface area contributed by atoms with Crippen LogP contribution in [-0.2, 0) is 9.59 Å². The average molecular weight is 225 g/mol. The van der Waals surface area contributed by atoms with Crippen LogP contribution in [0.3, 0.4) is 0 Å². The standard InChI is InChI=1S/C11H15NO4/c13-4-3-12-10(14)8-6-1-2-7(5-6)9(8)11(15)16/h1-2,6-9,13H,3-5H2,(H,12,14)(H,15,16)/t6-,7-,8-,9+/m0/s1. The van der Waals surface area contributed by atoms with Gasteiger partial charge in [-0.15, -0.1) is 0 Å². The van der Waals surface area contributed by atoms with Crippen molar-refractivity contribution in [3.63, 3.8) is 0 Å². The summed E-state index contributed by atoms with van der Waals surface area (Å²) in [6.45, 7) is 0.0584. The summed E-state index contributed by atoms with van der Waals surface area (Å²) in [6.07, 6.45) is 4.60. The summed E-state index contributed by atoms with van der Waals surface area (Å²) in [4.78, 5) is 22.9. The van der Waals surface area contributed by atoms with Gasteiger partial charge in [-0.05, 0) is 18.3 Å². The molecule has 4 atom stereocenters. The van der Waals surface area contributed by atoms with Crippen molar-refractivity contribution >= 4 is 11.9 Å². The number of rotatable bonds is 4. The minimum Gasteiger partial charge on any atom is -0.481 e. The summed E-state index contributed by atoms with van der Waals surface area (Å²) in [7, 11) is 0. The first-order chi connectivity index (χ1) is 7.65. The molecule has 1 amide bonds. The monoisotopic (exact) mass is 225 g/mol. The third-order valence-corrected chi connectivity index (χ3v) is 3.46. The first-order valence-corrected chi connectivity index (χ1v) is 5.45. The summed E-state index contributed by atoms with van der Waals surface area (Å²) in [5.41, 5.74) is 0. The number of carbonyl (C=O) groups excluding carboxylic acids is 1. The number of carboxylic acids is 1. The molecule has 88 valence electrons. The molecule has 1 saturated carbocycles. The van der Waals surface area contributed by atoms with Crippen LogP contribution < -0.4 is 5.32 Å². The molecule has 0 aromatic rings. The van der Waals surface area contributed by atoms with Crippen LogP contribution in [0.4, 0.5) is 0 Å². The number of nitrogens with one attached hydrogen (secondary N) is 1. The molecular formula is C11H15NO4. The number of allylic oxidation sites excluding steroid dienone is 2. The maximum Gasteiger partial charge on any atom is 0.307 e. The zero-order chi connectivity index (χ0) is 11.7. The number of carboxylic acid groups (broad SMARTS) is 1. The lowest BCUT2D eigenvalue weighted by Gasteiger charge is -2.23. The third-order valence-electron chi connectivity index (χ3n) is 3.46. The van der Waals surface area contributed by atoms with E-state index in [1.165, 1.54) is 0 Å². The predicted octanol–water partition coefficient (Wildman–Crippen LogP) is -0.382. The second-order valence-electron chi connectivity index (χ2n) is 4.35. The van der Waals surface area contributed by atoms with Crippen molar-refractivity contribution in [1.29, 1.82) is 0 Å². The van der Waals surface area contributed by atoms with E-state index in [4.69, 9.17) is 10.2 Å². The molecule has 1 fully saturated rings. The minimum atomic E-state index is -0.902. The van der Waals surface area contributed by atoms with E-state index in [2.05, 4.69) is 5.32 Å². The van der Waals surface area contributed by atoms with Gasteiger partial charge in [-0.1, -0.05) is 12.2 Å². The highest BCUT2D eigenvalue weighted by Gasteiger charge is 2.51. The Morgan fingerprint density at radius 3 is 2.44 bits per heavy atom. The van der Waals surface area contributed by atoms with E-state index in [1.54, 1.807) is 0 Å². The number of hydrogen-bond acceptors (Lipinski definition) is 3. The van der Waals surface area contributed by atoms with Crippen molar-refractivity contribution in [2.24, 2.45) is 23.7 Å². The molecule has 0 unspecified atom stereocenters. The second-order valence-corrected chi connectivity index (χ2v) is 4.35. The van der Waals surface area contributed by atoms with Gasteiger partial charge in [0.1, 0.15) is 0 Å². The molecule has 0 aromatic carbocycles. The van der Waals surface area contributed by atoms with E-state index in [0.717, 1.165) is 6.42 Å². The van der Waals surface area contributed by atoms with Crippen molar-refractivity contribution in [1.82, 2.24) is 5.32 Å². The molecule has 0 aliphatic heterocycles. The highest BCUT2D eigenvalue weighted by atomic mass is 16.4. The van der Waals surface area contributed by atoms with Crippen molar-refractivity contribution in [2.75, 3.05) is 13.2 Å². The van der Waals surface area contributed by atoms with E-state index in [1.807, 2.05) is 12.2 Å². The summed E-state index contributed by atoms with van der Waals surface area (Å²) in [5, 5.41) is 20.3. The van der Waals surface area contributed by atoms with E-state index in [-0.39, 0.29) is 30.9 Å². The average Bonchev–Trinajstić information content (AvgIpc) is 2.84. The number of aliphatic carboxylic acids is 1. The maximum absolute atomic E-state index is 11.8. The van der Waals surface area contributed by atoms with E-state index >= 15 is 0 Å². The molecular weight excluding hydrogens is 210 g/mol. The van der Waals surface area contributed by atoms with Gasteiger partial charge in [-0.3, -0.25) is 9.59 Å². The van der Waals surface area contributed by atoms with Crippen LogP contribution in [0.5, 0.6) is 0 Å². The molecule has 0 aromatic heterocycles. The fourth-order valence-corrected chi connectivity index (χ4v) is 2.81. The normalized spacial score (nSPS) is 35.3. The number of aliphatic hydroxyl groups is 1. The number of carbonyl (C=O) groups is 2. The van der Waals surface area contributed by atoms with Crippen LogP contribution in [0.25, 0.3) is 0 Å². The van der Waals surface area contributed by atoms with Gasteiger partial charge in [0.2, 0.25) is 5.91 Å². The molecule has 0 radical (unpaired) electrons. The molecule has 0 spiro atoms. The lowest BCUT2D eigenvalue weighted by atomic mass is 9.82. The second kappa shape index (κ2) is 4.25. The highest BCUT2D eigenvalue weighted by Crippen LogP contribution is 2.48. The third kappa shape index (κ3) is 1.71. The first kappa shape index (κ1) is 11.1. The highest BCUT2D eigenvalue weighted by molar-refractivity contribution is 5.86. The Kier molecular flexibility index (Phi) is 2.96. The smallest absolute Gasteiger partial charge is 0.307 e. The van der Waals surface area contributed by atoms with Crippen molar-refractivity contribution in [3.05, 3.63) is 12.2 Å². The molecule has 2 aliphatic carbocycles. The number of aliphatic hydroxyl groups excluding tert-OH is 1. The van der Waals surface area contributed by atoms with E-state index < -0.39 is 17.8 Å². The predicted molar refractivity (Wildman–Crippen MR) is 55.4 cm³/mol. The van der Waals surface area contributed by atoms with Crippen molar-refractivity contribution in [2.45, 2.75) is 6.42 Å². The number of hydrogen-bond donors (Lipinski definition) is 3. The Hall–Kier alpha value is -1.36. The summed E-state index contributed by atoms with van der Waals surface area (Å²) < 4.78 is 0. The Bertz CT molecular complexity index is 339. The lowest BCUT2D eigenvalue weighted by molar-refractivity contribution is -0.147. The van der Waals surface area contributed by atoms with Gasteiger partial charge >= 0.3 is 5.97 Å². The van der Waals surface area contributed by atoms with Crippen LogP contribution >= 0.6 is 0 Å². The summed E-state index contributed by atoms with van der Waals surface area (Å²) >= 11 is 0. The largest absolute Gasteiger partial charge is 0.481 e. The minimum absolute atomic E-state index is 0.00706. The summed E-state index contributed by atoms with van der Waals surface area (Å²) in [6, 6.07) is 0. The van der Waals surface area contributed by atoms with Gasteiger partial charge in [-0.2, -0.15) is 0 Å². The zero-order valence-corrected chi connectivity index (χ0v) is 8.80. The van der Waals surface area contributed by atoms with Gasteiger partial charge in [0.25, 0.3) is 0 Å². The van der Waals surface area contributed by atoms with E-state index in [9.17, 15) is 9.59 Å². The maximum atomic E-state index is 11.8. The Labute approximate surface area is 93.1 Å².